The molecule has 2 aromatic rings. The van der Waals surface area contributed by atoms with E-state index >= 15 is 0 Å². The minimum Gasteiger partial charge on any atom is -0.423 e. The Kier molecular flexibility index (Phi) is 4.12. The van der Waals surface area contributed by atoms with Crippen molar-refractivity contribution in [1.29, 1.82) is 0 Å². The highest BCUT2D eigenvalue weighted by Crippen LogP contribution is 2.20. The molecule has 3 nitrogen and oxygen atoms in total. The third-order valence-electron chi connectivity index (χ3n) is 2.54. The molecule has 0 bridgehead atoms. The maximum absolute atomic E-state index is 12.0. The van der Waals surface area contributed by atoms with Crippen molar-refractivity contribution in [2.24, 2.45) is 0 Å². The Morgan fingerprint density at radius 1 is 1.05 bits per heavy atom. The summed E-state index contributed by atoms with van der Waals surface area (Å²) in [6.07, 6.45) is 0. The van der Waals surface area contributed by atoms with Crippen molar-refractivity contribution in [2.45, 2.75) is 6.92 Å². The van der Waals surface area contributed by atoms with Gasteiger partial charge in [0.25, 0.3) is 0 Å². The highest BCUT2D eigenvalue weighted by Gasteiger charge is 2.12. The summed E-state index contributed by atoms with van der Waals surface area (Å²) in [5.74, 6) is -0.180. The van der Waals surface area contributed by atoms with Crippen LogP contribution in [-0.4, -0.2) is 11.8 Å². The Balaban J connectivity index is 2.22. The zero-order valence-corrected chi connectivity index (χ0v) is 11.8. The first kappa shape index (κ1) is 13.5. The Hall–Kier alpha value is -1.94. The number of benzene rings is 2. The summed E-state index contributed by atoms with van der Waals surface area (Å²) in [5.41, 5.74) is 0.952. The Labute approximate surface area is 119 Å². The number of ketones is 1. The molecule has 0 spiro atoms. The highest BCUT2D eigenvalue weighted by molar-refractivity contribution is 9.10. The molecule has 2 rings (SSSR count). The zero-order chi connectivity index (χ0) is 13.8. The number of hydrogen-bond donors (Lipinski definition) is 0. The third-order valence-corrected chi connectivity index (χ3v) is 3.24. The lowest BCUT2D eigenvalue weighted by Crippen LogP contribution is -2.09. The predicted octanol–water partition coefficient (Wildman–Crippen LogP) is 3.87. The van der Waals surface area contributed by atoms with Gasteiger partial charge >= 0.3 is 5.97 Å². The molecule has 19 heavy (non-hydrogen) atoms. The van der Waals surface area contributed by atoms with Crippen molar-refractivity contribution in [2.75, 3.05) is 0 Å². The summed E-state index contributed by atoms with van der Waals surface area (Å²) in [7, 11) is 0. The fourth-order valence-corrected chi connectivity index (χ4v) is 2.01. The largest absolute Gasteiger partial charge is 0.423 e. The molecule has 0 fully saturated rings. The molecule has 0 atom stereocenters. The van der Waals surface area contributed by atoms with Crippen LogP contribution in [0, 0.1) is 0 Å². The van der Waals surface area contributed by atoms with Crippen molar-refractivity contribution in [3.63, 3.8) is 0 Å². The van der Waals surface area contributed by atoms with E-state index in [9.17, 15) is 9.59 Å². The second kappa shape index (κ2) is 5.80. The number of halogens is 1. The van der Waals surface area contributed by atoms with Crippen LogP contribution in [-0.2, 0) is 0 Å². The van der Waals surface area contributed by atoms with Crippen LogP contribution in [0.25, 0.3) is 0 Å². The molecule has 0 aliphatic rings. The molecule has 4 heteroatoms. The smallest absolute Gasteiger partial charge is 0.344 e. The molecule has 0 amide bonds. The lowest BCUT2D eigenvalue weighted by molar-refractivity contribution is 0.0732. The van der Waals surface area contributed by atoms with Gasteiger partial charge in [-0.05, 0) is 47.1 Å². The van der Waals surface area contributed by atoms with Gasteiger partial charge in [-0.1, -0.05) is 24.3 Å². The Bertz CT molecular complexity index is 635. The standard InChI is InChI=1S/C15H11BrO3/c1-10(17)11-5-4-6-12(9-11)19-15(18)13-7-2-3-8-14(13)16/h2-9H,1H3. The van der Waals surface area contributed by atoms with Crippen LogP contribution in [0.3, 0.4) is 0 Å². The van der Waals surface area contributed by atoms with Crippen molar-refractivity contribution in [1.82, 2.24) is 0 Å². The first-order chi connectivity index (χ1) is 9.08. The van der Waals surface area contributed by atoms with Crippen LogP contribution >= 0.6 is 15.9 Å². The number of Topliss-reactive ketones (excluding diaryl/α,β-unsaturated/α-hetero) is 1. The van der Waals surface area contributed by atoms with Crippen LogP contribution in [0.5, 0.6) is 5.75 Å². The van der Waals surface area contributed by atoms with Gasteiger partial charge in [-0.15, -0.1) is 0 Å². The number of hydrogen-bond acceptors (Lipinski definition) is 3. The summed E-state index contributed by atoms with van der Waals surface area (Å²) >= 11 is 3.29. The van der Waals surface area contributed by atoms with E-state index < -0.39 is 5.97 Å². The normalized spacial score (nSPS) is 10.0. The molecule has 0 aliphatic carbocycles. The summed E-state index contributed by atoms with van der Waals surface area (Å²) < 4.78 is 5.92. The molecule has 0 aromatic heterocycles. The van der Waals surface area contributed by atoms with Crippen molar-refractivity contribution in [3.05, 3.63) is 64.1 Å². The maximum atomic E-state index is 12.0. The average Bonchev–Trinajstić information content (AvgIpc) is 2.39. The summed E-state index contributed by atoms with van der Waals surface area (Å²) in [6.45, 7) is 1.47. The van der Waals surface area contributed by atoms with E-state index in [1.807, 2.05) is 6.07 Å². The monoisotopic (exact) mass is 318 g/mol. The van der Waals surface area contributed by atoms with E-state index in [4.69, 9.17) is 4.74 Å². The SMILES string of the molecule is CC(=O)c1cccc(OC(=O)c2ccccc2Br)c1. The molecule has 0 N–H and O–H groups in total. The topological polar surface area (TPSA) is 43.4 Å². The molecule has 0 aliphatic heterocycles. The second-order valence-corrected chi connectivity index (χ2v) is 4.81. The van der Waals surface area contributed by atoms with Gasteiger partial charge in [0.15, 0.2) is 5.78 Å². The van der Waals surface area contributed by atoms with Gasteiger partial charge in [0, 0.05) is 10.0 Å². The molecule has 2 aromatic carbocycles. The van der Waals surface area contributed by atoms with Crippen LogP contribution < -0.4 is 4.74 Å². The highest BCUT2D eigenvalue weighted by atomic mass is 79.9. The van der Waals surface area contributed by atoms with Gasteiger partial charge in [0.2, 0.25) is 0 Å². The van der Waals surface area contributed by atoms with E-state index in [2.05, 4.69) is 15.9 Å². The summed E-state index contributed by atoms with van der Waals surface area (Å²) in [5, 5.41) is 0. The van der Waals surface area contributed by atoms with E-state index in [-0.39, 0.29) is 5.78 Å². The number of carbonyl (C=O) groups is 2. The minimum atomic E-state index is -0.465. The van der Waals surface area contributed by atoms with Crippen molar-refractivity contribution in [3.8, 4) is 5.75 Å². The zero-order valence-electron chi connectivity index (χ0n) is 10.2. The van der Waals surface area contributed by atoms with Crippen LogP contribution in [0.4, 0.5) is 0 Å². The lowest BCUT2D eigenvalue weighted by atomic mass is 10.1. The Morgan fingerprint density at radius 3 is 2.47 bits per heavy atom. The van der Waals surface area contributed by atoms with Crippen molar-refractivity contribution >= 4 is 27.7 Å². The van der Waals surface area contributed by atoms with E-state index in [1.165, 1.54) is 6.92 Å². The average molecular weight is 319 g/mol. The molecular formula is C15H11BrO3. The quantitative estimate of drug-likeness (QED) is 0.490. The molecule has 0 heterocycles. The second-order valence-electron chi connectivity index (χ2n) is 3.95. The van der Waals surface area contributed by atoms with Gasteiger partial charge in [-0.3, -0.25) is 4.79 Å². The van der Waals surface area contributed by atoms with Crippen molar-refractivity contribution < 1.29 is 14.3 Å². The molecule has 0 unspecified atom stereocenters. The van der Waals surface area contributed by atoms with Gasteiger partial charge in [-0.2, -0.15) is 0 Å². The van der Waals surface area contributed by atoms with Gasteiger partial charge in [0.05, 0.1) is 5.56 Å². The number of esters is 1. The van der Waals surface area contributed by atoms with Gasteiger partial charge in [0.1, 0.15) is 5.75 Å². The lowest BCUT2D eigenvalue weighted by Gasteiger charge is -2.06. The maximum Gasteiger partial charge on any atom is 0.344 e. The fourth-order valence-electron chi connectivity index (χ4n) is 1.57. The van der Waals surface area contributed by atoms with Crippen LogP contribution in [0.2, 0.25) is 0 Å². The number of rotatable bonds is 3. The molecule has 96 valence electrons. The van der Waals surface area contributed by atoms with E-state index in [0.29, 0.717) is 21.3 Å². The fraction of sp³-hybridized carbons (Fsp3) is 0.0667. The first-order valence-corrected chi connectivity index (χ1v) is 6.45. The minimum absolute atomic E-state index is 0.0706. The van der Waals surface area contributed by atoms with E-state index in [0.717, 1.165) is 0 Å². The third kappa shape index (κ3) is 3.29. The number of ether oxygens (including phenoxy) is 1. The molecule has 0 saturated carbocycles. The first-order valence-electron chi connectivity index (χ1n) is 5.65. The Morgan fingerprint density at radius 2 is 1.79 bits per heavy atom. The predicted molar refractivity (Wildman–Crippen MR) is 75.5 cm³/mol. The van der Waals surface area contributed by atoms with Crippen LogP contribution in [0.15, 0.2) is 53.0 Å². The van der Waals surface area contributed by atoms with Gasteiger partial charge < -0.3 is 4.74 Å². The molecule has 0 radical (unpaired) electrons. The van der Waals surface area contributed by atoms with Gasteiger partial charge in [-0.25, -0.2) is 4.79 Å². The molecule has 0 saturated heterocycles. The molecular weight excluding hydrogens is 308 g/mol. The number of carbonyl (C=O) groups excluding carboxylic acids is 2. The van der Waals surface area contributed by atoms with E-state index in [1.54, 1.807) is 42.5 Å². The summed E-state index contributed by atoms with van der Waals surface area (Å²) in [6, 6.07) is 13.6. The summed E-state index contributed by atoms with van der Waals surface area (Å²) in [4.78, 5) is 23.2. The van der Waals surface area contributed by atoms with Crippen LogP contribution in [0.1, 0.15) is 27.6 Å².